The van der Waals surface area contributed by atoms with E-state index >= 15 is 0 Å². The lowest BCUT2D eigenvalue weighted by Gasteiger charge is -2.41. The van der Waals surface area contributed by atoms with Crippen LogP contribution in [0.1, 0.15) is 67.5 Å². The van der Waals surface area contributed by atoms with Crippen LogP contribution in [0, 0.1) is 13.8 Å². The first-order chi connectivity index (χ1) is 65.1. The Hall–Kier alpha value is -6.38. The highest BCUT2D eigenvalue weighted by Crippen LogP contribution is 2.33. The van der Waals surface area contributed by atoms with Gasteiger partial charge in [-0.3, -0.25) is 0 Å². The number of hydrogen-bond donors (Lipinski definition) is 0. The average molecular weight is 2350 g/mol. The first kappa shape index (κ1) is 147. The lowest BCUT2D eigenvalue weighted by molar-refractivity contribution is -0.138. The van der Waals surface area contributed by atoms with Gasteiger partial charge in [0.1, 0.15) is 0 Å². The normalized spacial score (nSPS) is 14.1. The second-order valence-electron chi connectivity index (χ2n) is 42.6. The van der Waals surface area contributed by atoms with Gasteiger partial charge in [-0.2, -0.15) is 0 Å². The third-order valence-electron chi connectivity index (χ3n) is 18.7. The molecule has 0 N–H and O–H groups in total. The Bertz CT molecular complexity index is 5480. The molecule has 0 aliphatic rings. The number of likely N-dealkylation sites (N-methyl/N-ethyl adjacent to an activating group) is 2. The Morgan fingerprint density at radius 1 is 0.361 bits per heavy atom. The first-order valence-corrected chi connectivity index (χ1v) is 93.0. The number of methoxy groups -OCH3 is 2. The Morgan fingerprint density at radius 2 is 0.633 bits per heavy atom. The number of allylic oxidation sites excluding steroid dienone is 8. The Labute approximate surface area is 904 Å². The van der Waals surface area contributed by atoms with Crippen LogP contribution >= 0.6 is 0 Å². The van der Waals surface area contributed by atoms with Gasteiger partial charge in [0.15, 0.2) is 86.9 Å². The summed E-state index contributed by atoms with van der Waals surface area (Å²) in [5, 5.41) is 0.890. The molecule has 2 unspecified atom stereocenters. The molecule has 838 valence electrons. The lowest BCUT2D eigenvalue weighted by atomic mass is 10.2. The minimum Gasteiger partial charge on any atom is -0.465 e. The molecule has 0 radical (unpaired) electrons. The minimum absolute atomic E-state index is 0. The van der Waals surface area contributed by atoms with Gasteiger partial charge in [0.05, 0.1) is 47.0 Å². The number of nitrogens with zero attached hydrogens (tertiary/aromatic N) is 4. The van der Waals surface area contributed by atoms with E-state index in [2.05, 4.69) is 202 Å². The molecule has 0 heterocycles. The molecule has 0 fully saturated rings. The van der Waals surface area contributed by atoms with Crippen molar-refractivity contribution in [3.8, 4) is 0 Å². The standard InChI is InChI=1S/C26H49NO7SSi4.C24H43NO6SSi3.C24H41NO6SSi3.C23H39NO6SSi3.4CH4/c1-23-16-18-24(19-17-23)35(29,30)25(26(28)31-3)15-13-20-27(2)21-14-22-39(12,33-37(7,8)9)34-38(10,11)32-36(4,5)6;1-21-14-16-22(17-15-21)32(27,28)23(24(26)29-3)13-11-18-25(2)19-12-20-35(10,30-33(4,5)6)31-34(7,8)9;1-11-29-24(26)23(32(27,28)22-16-13-12-14-17-22)18-15-19-25(3)20-21(2)35(10,30-33(4,5)6)31-34(7,8)9;1-9-28-23(25)22(31(26,27)21-15-11-10-12-16-21)17-13-18-24(2)19-14-20-34(8,29-32(3)4)30-33(5,6)7;;;;/h13,15-20H,14,21-22H2,1-12H3;11,13-18H,12,19-20H2,1-10H3;12-19H,2,11,20H2,1,3-10H3;10-18,20,32H,9,19H2,1-8H3;4*1H4/b20-13+,25-15+;18-11+,23-13+;19-15+,23-18+;18-13+,20-14+,22-17+;;;;. The minimum atomic E-state index is -4.03. The van der Waals surface area contributed by atoms with Crippen LogP contribution in [0.25, 0.3) is 0 Å². The van der Waals surface area contributed by atoms with Crippen molar-refractivity contribution in [2.24, 2.45) is 0 Å². The topological polar surface area (TPSA) is 338 Å². The van der Waals surface area contributed by atoms with Gasteiger partial charge in [0.2, 0.25) is 39.3 Å². The molecule has 0 aromatic heterocycles. The lowest BCUT2D eigenvalue weighted by Crippen LogP contribution is -2.56. The Kier molecular flexibility index (Phi) is 64.0. The van der Waals surface area contributed by atoms with Crippen molar-refractivity contribution < 1.29 is 109 Å². The number of aryl methyl sites for hydroxylation is 2. The fourth-order valence-corrected chi connectivity index (χ4v) is 72.0. The number of hydrogen-bond acceptors (Lipinski definition) is 29. The van der Waals surface area contributed by atoms with Crippen molar-refractivity contribution in [2.45, 2.75) is 292 Å². The molecule has 29 nitrogen and oxygen atoms in total. The van der Waals surface area contributed by atoms with Gasteiger partial charge >= 0.3 is 66.7 Å². The smallest absolute Gasteiger partial charge is 0.350 e. The third-order valence-corrected chi connectivity index (χ3v) is 67.1. The van der Waals surface area contributed by atoms with Crippen molar-refractivity contribution in [1.29, 1.82) is 0 Å². The molecule has 0 saturated heterocycles. The predicted molar refractivity (Wildman–Crippen MR) is 641 cm³/mol. The van der Waals surface area contributed by atoms with E-state index in [1.54, 1.807) is 111 Å². The number of sulfone groups is 4. The molecular formula is C101H188N4O25S4Si13. The van der Waals surface area contributed by atoms with E-state index in [-0.39, 0.29) is 62.5 Å². The molecule has 0 amide bonds. The second-order valence-corrected chi connectivity index (χ2v) is 103. The number of ether oxygens (including phenoxy) is 4. The highest BCUT2D eigenvalue weighted by atomic mass is 32.2. The quantitative estimate of drug-likeness (QED) is 0.0130. The molecule has 2 atom stereocenters. The van der Waals surface area contributed by atoms with Crippen LogP contribution in [0.5, 0.6) is 0 Å². The summed E-state index contributed by atoms with van der Waals surface area (Å²) in [6, 6.07) is 30.1. The van der Waals surface area contributed by atoms with E-state index in [0.29, 0.717) is 19.6 Å². The Morgan fingerprint density at radius 3 is 0.912 bits per heavy atom. The summed E-state index contributed by atoms with van der Waals surface area (Å²) in [4.78, 5) is 55.6. The van der Waals surface area contributed by atoms with E-state index in [4.69, 9.17) is 56.0 Å². The molecule has 147 heavy (non-hydrogen) atoms. The fraction of sp³-hybridized carbons (Fsp3) is 0.525. The van der Waals surface area contributed by atoms with Crippen molar-refractivity contribution >= 4 is 173 Å². The highest BCUT2D eigenvalue weighted by Gasteiger charge is 2.47. The molecule has 46 heteroatoms. The van der Waals surface area contributed by atoms with Gasteiger partial charge in [-0.1, -0.05) is 114 Å². The summed E-state index contributed by atoms with van der Waals surface area (Å²) in [7, 11) is -32.4. The zero-order valence-corrected chi connectivity index (χ0v) is 109. The molecule has 0 spiro atoms. The number of benzene rings is 4. The summed E-state index contributed by atoms with van der Waals surface area (Å²) in [5.74, 6) is -3.57. The van der Waals surface area contributed by atoms with Gasteiger partial charge in [0, 0.05) is 54.4 Å². The largest absolute Gasteiger partial charge is 0.465 e. The summed E-state index contributed by atoms with van der Waals surface area (Å²) in [6.07, 6.45) is 22.0. The average Bonchev–Trinajstić information content (AvgIpc) is 0.817. The fourth-order valence-electron chi connectivity index (χ4n) is 14.3. The molecular weight excluding hydrogens is 2160 g/mol. The van der Waals surface area contributed by atoms with Crippen molar-refractivity contribution in [2.75, 3.05) is 81.8 Å². The van der Waals surface area contributed by atoms with E-state index in [1.165, 1.54) is 99.2 Å². The second kappa shape index (κ2) is 64.1. The highest BCUT2D eigenvalue weighted by molar-refractivity contribution is 7.97. The zero-order valence-electron chi connectivity index (χ0n) is 93.0. The maximum absolute atomic E-state index is 13.1. The maximum atomic E-state index is 13.1. The molecule has 4 aromatic carbocycles. The van der Waals surface area contributed by atoms with Crippen LogP contribution in [-0.4, -0.2) is 269 Å². The van der Waals surface area contributed by atoms with Crippen LogP contribution in [0.3, 0.4) is 0 Å². The number of carbonyl (C=O) groups excluding carboxylic acids is 4. The van der Waals surface area contributed by atoms with Crippen LogP contribution in [-0.2, 0) is 115 Å². The van der Waals surface area contributed by atoms with E-state index in [0.717, 1.165) is 47.8 Å². The SMILES string of the molecule is C.C.C.C.C=C(CN(C)/C=C/C=C(\C(=O)OCC)S(=O)(=O)c1ccccc1)[Si](C)(O[Si](C)(C)C)O[Si](C)(C)C.CCOC(=O)/C(=C\C=C\N(C)C/C=C/[Si](C)(O[SiH](C)C)O[Si](C)(C)C)S(=O)(=O)c1ccccc1.COC(=O)/C(=C\C=C\N(C)CCC[Si](C)(O[Si](C)(C)C)O[Si](C)(C)C)S(=O)(=O)c1ccc(C)cc1.COC(=O)/C(=C\C=C\N(C)CCC[Si](C)(O[Si](C)(C)C)O[Si](C)(C)O[Si](C)(C)C)S(=O)(=O)c1ccc(C)cc1. The molecule has 0 aliphatic heterocycles. The monoisotopic (exact) mass is 2350 g/mol. The van der Waals surface area contributed by atoms with E-state index < -0.39 is 193 Å². The van der Waals surface area contributed by atoms with Gasteiger partial charge in [0.25, 0.3) is 0 Å². The van der Waals surface area contributed by atoms with Crippen molar-refractivity contribution in [1.82, 2.24) is 19.6 Å². The first-order valence-electron chi connectivity index (χ1n) is 47.8. The molecule has 0 aliphatic carbocycles. The van der Waals surface area contributed by atoms with Crippen LogP contribution in [0.15, 0.2) is 245 Å². The summed E-state index contributed by atoms with van der Waals surface area (Å²) < 4.78 is 182. The number of esters is 4. The van der Waals surface area contributed by atoms with Gasteiger partial charge in [-0.05, 0) is 375 Å². The van der Waals surface area contributed by atoms with Crippen LogP contribution < -0.4 is 0 Å². The van der Waals surface area contributed by atoms with Gasteiger partial charge in [-0.25, -0.2) is 52.8 Å². The van der Waals surface area contributed by atoms with E-state index in [9.17, 15) is 52.8 Å². The van der Waals surface area contributed by atoms with Crippen LogP contribution in [0.4, 0.5) is 0 Å². The molecule has 4 aromatic rings. The summed E-state index contributed by atoms with van der Waals surface area (Å²) >= 11 is 0. The predicted octanol–water partition coefficient (Wildman–Crippen LogP) is 23.7. The van der Waals surface area contributed by atoms with Gasteiger partial charge < -0.3 is 75.6 Å². The number of rotatable bonds is 54. The van der Waals surface area contributed by atoms with Crippen molar-refractivity contribution in [3.05, 3.63) is 237 Å². The Balaban J connectivity index is -0.000000920. The summed E-state index contributed by atoms with van der Waals surface area (Å²) in [5.41, 5.74) is 3.93. The molecule has 4 rings (SSSR count). The zero-order chi connectivity index (χ0) is 110. The summed E-state index contributed by atoms with van der Waals surface area (Å²) in [6.45, 7) is 76.4. The molecule has 0 saturated carbocycles. The third kappa shape index (κ3) is 59.0. The van der Waals surface area contributed by atoms with Crippen molar-refractivity contribution in [3.63, 3.8) is 0 Å². The van der Waals surface area contributed by atoms with Gasteiger partial charge in [-0.15, -0.1) is 0 Å². The van der Waals surface area contributed by atoms with Crippen LogP contribution in [0.2, 0.25) is 202 Å². The van der Waals surface area contributed by atoms with E-state index in [1.807, 2.05) is 67.7 Å². The molecule has 0 bridgehead atoms. The number of carbonyl (C=O) groups is 4. The maximum Gasteiger partial charge on any atom is 0.350 e.